The number of hydrogen-bond donors (Lipinski definition) is 1. The van der Waals surface area contributed by atoms with Crippen LogP contribution in [0, 0.1) is 12.7 Å². The van der Waals surface area contributed by atoms with Crippen molar-refractivity contribution in [2.75, 3.05) is 0 Å². The van der Waals surface area contributed by atoms with E-state index < -0.39 is 0 Å². The number of rotatable bonds is 4. The molecule has 19 heavy (non-hydrogen) atoms. The number of hydrogen-bond acceptors (Lipinski definition) is 3. The van der Waals surface area contributed by atoms with Crippen LogP contribution in [0.15, 0.2) is 30.5 Å². The van der Waals surface area contributed by atoms with Gasteiger partial charge in [0.2, 0.25) is 0 Å². The standard InChI is InChI=1S/C15H18FN3/c1-10(2)18-9-13-6-7-17-15(19-13)14-5-4-12(16)8-11(14)3/h4-8,10,18H,9H2,1-3H3. The van der Waals surface area contributed by atoms with Gasteiger partial charge in [0.1, 0.15) is 5.82 Å². The molecule has 0 aliphatic heterocycles. The molecule has 4 heteroatoms. The molecule has 0 saturated heterocycles. The maximum atomic E-state index is 13.1. The van der Waals surface area contributed by atoms with Crippen LogP contribution in [0.4, 0.5) is 4.39 Å². The molecule has 3 nitrogen and oxygen atoms in total. The summed E-state index contributed by atoms with van der Waals surface area (Å²) in [7, 11) is 0. The van der Waals surface area contributed by atoms with Crippen LogP contribution in [0.3, 0.4) is 0 Å². The number of benzene rings is 1. The molecule has 100 valence electrons. The monoisotopic (exact) mass is 259 g/mol. The molecular formula is C15H18FN3. The van der Waals surface area contributed by atoms with Crippen molar-refractivity contribution < 1.29 is 4.39 Å². The van der Waals surface area contributed by atoms with E-state index in [4.69, 9.17) is 0 Å². The summed E-state index contributed by atoms with van der Waals surface area (Å²) in [5.74, 6) is 0.402. The summed E-state index contributed by atoms with van der Waals surface area (Å²) >= 11 is 0. The van der Waals surface area contributed by atoms with E-state index in [9.17, 15) is 4.39 Å². The van der Waals surface area contributed by atoms with E-state index in [1.807, 2.05) is 13.0 Å². The Labute approximate surface area is 112 Å². The van der Waals surface area contributed by atoms with Crippen molar-refractivity contribution in [3.63, 3.8) is 0 Å². The summed E-state index contributed by atoms with van der Waals surface area (Å²) < 4.78 is 13.1. The first-order valence-electron chi connectivity index (χ1n) is 6.38. The van der Waals surface area contributed by atoms with Crippen LogP contribution in [0.5, 0.6) is 0 Å². The van der Waals surface area contributed by atoms with E-state index >= 15 is 0 Å². The third-order valence-corrected chi connectivity index (χ3v) is 2.83. The van der Waals surface area contributed by atoms with Gasteiger partial charge in [0.15, 0.2) is 5.82 Å². The van der Waals surface area contributed by atoms with Crippen LogP contribution in [-0.2, 0) is 6.54 Å². The normalized spacial score (nSPS) is 11.0. The Kier molecular flexibility index (Phi) is 4.22. The van der Waals surface area contributed by atoms with Gasteiger partial charge in [0.25, 0.3) is 0 Å². The number of nitrogens with one attached hydrogen (secondary N) is 1. The van der Waals surface area contributed by atoms with Gasteiger partial charge in [0, 0.05) is 24.3 Å². The average molecular weight is 259 g/mol. The highest BCUT2D eigenvalue weighted by Gasteiger charge is 2.07. The molecule has 1 aromatic heterocycles. The highest BCUT2D eigenvalue weighted by Crippen LogP contribution is 2.20. The average Bonchev–Trinajstić information content (AvgIpc) is 2.36. The van der Waals surface area contributed by atoms with Gasteiger partial charge in [-0.2, -0.15) is 0 Å². The van der Waals surface area contributed by atoms with Crippen LogP contribution in [-0.4, -0.2) is 16.0 Å². The second-order valence-electron chi connectivity index (χ2n) is 4.87. The van der Waals surface area contributed by atoms with Gasteiger partial charge < -0.3 is 5.32 Å². The van der Waals surface area contributed by atoms with Gasteiger partial charge in [-0.15, -0.1) is 0 Å². The summed E-state index contributed by atoms with van der Waals surface area (Å²) in [6, 6.07) is 6.95. The molecule has 0 unspecified atom stereocenters. The topological polar surface area (TPSA) is 37.8 Å². The van der Waals surface area contributed by atoms with E-state index in [-0.39, 0.29) is 5.82 Å². The third kappa shape index (κ3) is 3.58. The van der Waals surface area contributed by atoms with Gasteiger partial charge >= 0.3 is 0 Å². The molecule has 1 aromatic carbocycles. The van der Waals surface area contributed by atoms with Crippen LogP contribution in [0.25, 0.3) is 11.4 Å². The minimum absolute atomic E-state index is 0.237. The Morgan fingerprint density at radius 3 is 2.74 bits per heavy atom. The Balaban J connectivity index is 2.27. The summed E-state index contributed by atoms with van der Waals surface area (Å²) in [5, 5.41) is 3.31. The van der Waals surface area contributed by atoms with E-state index in [0.29, 0.717) is 18.4 Å². The number of nitrogens with zero attached hydrogens (tertiary/aromatic N) is 2. The Bertz CT molecular complexity index is 567. The quantitative estimate of drug-likeness (QED) is 0.917. The zero-order chi connectivity index (χ0) is 13.8. The lowest BCUT2D eigenvalue weighted by Crippen LogP contribution is -2.22. The zero-order valence-electron chi connectivity index (χ0n) is 11.4. The predicted octanol–water partition coefficient (Wildman–Crippen LogP) is 3.09. The first-order valence-corrected chi connectivity index (χ1v) is 6.38. The molecule has 0 saturated carbocycles. The summed E-state index contributed by atoms with van der Waals surface area (Å²) in [6.45, 7) is 6.74. The number of aromatic nitrogens is 2. The third-order valence-electron chi connectivity index (χ3n) is 2.83. The lowest BCUT2D eigenvalue weighted by Gasteiger charge is -2.09. The van der Waals surface area contributed by atoms with E-state index in [1.165, 1.54) is 12.1 Å². The molecule has 1 N–H and O–H groups in total. The van der Waals surface area contributed by atoms with Crippen LogP contribution >= 0.6 is 0 Å². The van der Waals surface area contributed by atoms with Gasteiger partial charge in [-0.1, -0.05) is 13.8 Å². The fourth-order valence-electron chi connectivity index (χ4n) is 1.81. The minimum atomic E-state index is -0.237. The van der Waals surface area contributed by atoms with E-state index in [0.717, 1.165) is 16.8 Å². The first kappa shape index (κ1) is 13.6. The van der Waals surface area contributed by atoms with Crippen LogP contribution < -0.4 is 5.32 Å². The van der Waals surface area contributed by atoms with Gasteiger partial charge in [-0.25, -0.2) is 14.4 Å². The van der Waals surface area contributed by atoms with Crippen molar-refractivity contribution in [2.45, 2.75) is 33.4 Å². The molecule has 0 atom stereocenters. The molecular weight excluding hydrogens is 241 g/mol. The second kappa shape index (κ2) is 5.89. The number of halogens is 1. The van der Waals surface area contributed by atoms with Gasteiger partial charge in [-0.05, 0) is 36.8 Å². The van der Waals surface area contributed by atoms with Crippen molar-refractivity contribution in [3.8, 4) is 11.4 Å². The highest BCUT2D eigenvalue weighted by molar-refractivity contribution is 5.59. The van der Waals surface area contributed by atoms with E-state index in [2.05, 4.69) is 29.1 Å². The Morgan fingerprint density at radius 1 is 1.26 bits per heavy atom. The van der Waals surface area contributed by atoms with Crippen molar-refractivity contribution in [1.29, 1.82) is 0 Å². The molecule has 0 amide bonds. The maximum Gasteiger partial charge on any atom is 0.159 e. The molecule has 2 aromatic rings. The fourth-order valence-corrected chi connectivity index (χ4v) is 1.81. The number of aryl methyl sites for hydroxylation is 1. The molecule has 0 aliphatic carbocycles. The Morgan fingerprint density at radius 2 is 2.05 bits per heavy atom. The van der Waals surface area contributed by atoms with Crippen molar-refractivity contribution in [1.82, 2.24) is 15.3 Å². The van der Waals surface area contributed by atoms with Crippen molar-refractivity contribution >= 4 is 0 Å². The van der Waals surface area contributed by atoms with Crippen molar-refractivity contribution in [2.24, 2.45) is 0 Å². The zero-order valence-corrected chi connectivity index (χ0v) is 11.4. The molecule has 2 rings (SSSR count). The highest BCUT2D eigenvalue weighted by atomic mass is 19.1. The SMILES string of the molecule is Cc1cc(F)ccc1-c1nccc(CNC(C)C)n1. The molecule has 0 spiro atoms. The van der Waals surface area contributed by atoms with Crippen LogP contribution in [0.2, 0.25) is 0 Å². The van der Waals surface area contributed by atoms with Crippen LogP contribution in [0.1, 0.15) is 25.1 Å². The summed E-state index contributed by atoms with van der Waals surface area (Å²) in [5.41, 5.74) is 2.64. The molecule has 0 fully saturated rings. The van der Waals surface area contributed by atoms with Crippen molar-refractivity contribution in [3.05, 3.63) is 47.5 Å². The molecule has 0 aliphatic rings. The Hall–Kier alpha value is -1.81. The molecule has 0 radical (unpaired) electrons. The van der Waals surface area contributed by atoms with Gasteiger partial charge in [-0.3, -0.25) is 0 Å². The minimum Gasteiger partial charge on any atom is -0.309 e. The predicted molar refractivity (Wildman–Crippen MR) is 74.1 cm³/mol. The molecule has 1 heterocycles. The lowest BCUT2D eigenvalue weighted by molar-refractivity contribution is 0.581. The maximum absolute atomic E-state index is 13.1. The largest absolute Gasteiger partial charge is 0.309 e. The van der Waals surface area contributed by atoms with Gasteiger partial charge in [0.05, 0.1) is 5.69 Å². The van der Waals surface area contributed by atoms with E-state index in [1.54, 1.807) is 12.3 Å². The smallest absolute Gasteiger partial charge is 0.159 e. The molecule has 0 bridgehead atoms. The fraction of sp³-hybridized carbons (Fsp3) is 0.333. The summed E-state index contributed by atoms with van der Waals surface area (Å²) in [6.07, 6.45) is 1.74. The first-order chi connectivity index (χ1) is 9.06. The lowest BCUT2D eigenvalue weighted by atomic mass is 10.1. The second-order valence-corrected chi connectivity index (χ2v) is 4.87. The summed E-state index contributed by atoms with van der Waals surface area (Å²) in [4.78, 5) is 8.78.